The first-order chi connectivity index (χ1) is 7.42. The summed E-state index contributed by atoms with van der Waals surface area (Å²) in [5, 5.41) is 8.01. The first kappa shape index (κ1) is 9.33. The predicted octanol–water partition coefficient (Wildman–Crippen LogP) is 1.13. The minimum Gasteiger partial charge on any atom is -0.309 e. The third kappa shape index (κ3) is 1.91. The first-order valence-corrected chi connectivity index (χ1v) is 6.04. The van der Waals surface area contributed by atoms with Gasteiger partial charge in [-0.1, -0.05) is 12.8 Å². The lowest BCUT2D eigenvalue weighted by atomic mass is 10.1. The van der Waals surface area contributed by atoms with Gasteiger partial charge in [-0.3, -0.25) is 0 Å². The molecule has 2 heterocycles. The normalized spacial score (nSPS) is 26.8. The molecule has 1 unspecified atom stereocenters. The average molecular weight is 206 g/mol. The van der Waals surface area contributed by atoms with Gasteiger partial charge in [0.05, 0.1) is 6.54 Å². The monoisotopic (exact) mass is 206 g/mol. The van der Waals surface area contributed by atoms with Crippen LogP contribution in [0.3, 0.4) is 0 Å². The van der Waals surface area contributed by atoms with Crippen LogP contribution in [0.4, 0.5) is 0 Å². The van der Waals surface area contributed by atoms with Crippen molar-refractivity contribution in [3.8, 4) is 0 Å². The molecule has 1 N–H and O–H groups in total. The molecular weight excluding hydrogens is 188 g/mol. The highest BCUT2D eigenvalue weighted by Gasteiger charge is 2.23. The molecule has 0 amide bonds. The van der Waals surface area contributed by atoms with Crippen LogP contribution in [0.2, 0.25) is 0 Å². The van der Waals surface area contributed by atoms with Crippen LogP contribution in [-0.4, -0.2) is 26.8 Å². The van der Waals surface area contributed by atoms with Crippen LogP contribution < -0.4 is 5.32 Å². The summed E-state index contributed by atoms with van der Waals surface area (Å²) in [7, 11) is 0. The second-order valence-corrected chi connectivity index (χ2v) is 4.74. The Labute approximate surface area is 90.1 Å². The van der Waals surface area contributed by atoms with Gasteiger partial charge in [0.1, 0.15) is 12.2 Å². The van der Waals surface area contributed by atoms with Crippen molar-refractivity contribution in [1.29, 1.82) is 0 Å². The summed E-state index contributed by atoms with van der Waals surface area (Å²) >= 11 is 0. The van der Waals surface area contributed by atoms with E-state index in [0.29, 0.717) is 6.04 Å². The Balaban J connectivity index is 1.61. The molecule has 4 heteroatoms. The molecule has 0 spiro atoms. The Kier molecular flexibility index (Phi) is 2.44. The highest BCUT2D eigenvalue weighted by atomic mass is 15.3. The zero-order chi connectivity index (χ0) is 10.1. The van der Waals surface area contributed by atoms with E-state index in [9.17, 15) is 0 Å². The molecule has 1 atom stereocenters. The van der Waals surface area contributed by atoms with Crippen LogP contribution in [0.1, 0.15) is 37.9 Å². The number of aromatic nitrogens is 3. The lowest BCUT2D eigenvalue weighted by molar-refractivity contribution is 0.326. The molecular formula is C11H18N4. The van der Waals surface area contributed by atoms with Crippen molar-refractivity contribution in [3.05, 3.63) is 12.2 Å². The van der Waals surface area contributed by atoms with Crippen molar-refractivity contribution in [2.24, 2.45) is 0 Å². The van der Waals surface area contributed by atoms with E-state index in [-0.39, 0.29) is 0 Å². The SMILES string of the molecule is c1nc2n(n1)CC(NC1CCCC1)CC2. The number of fused-ring (bicyclic) bond motifs is 1. The van der Waals surface area contributed by atoms with Crippen molar-refractivity contribution in [1.82, 2.24) is 20.1 Å². The molecule has 4 nitrogen and oxygen atoms in total. The number of hydrogen-bond donors (Lipinski definition) is 1. The quantitative estimate of drug-likeness (QED) is 0.788. The van der Waals surface area contributed by atoms with Crippen molar-refractivity contribution in [2.75, 3.05) is 0 Å². The molecule has 0 bridgehead atoms. The second-order valence-electron chi connectivity index (χ2n) is 4.74. The Morgan fingerprint density at radius 3 is 2.93 bits per heavy atom. The van der Waals surface area contributed by atoms with E-state index in [0.717, 1.165) is 24.8 Å². The molecule has 2 aliphatic rings. The minimum atomic E-state index is 0.613. The highest BCUT2D eigenvalue weighted by Crippen LogP contribution is 2.20. The summed E-state index contributed by atoms with van der Waals surface area (Å²) in [5.74, 6) is 1.15. The molecule has 15 heavy (non-hydrogen) atoms. The minimum absolute atomic E-state index is 0.613. The molecule has 1 aromatic rings. The summed E-state index contributed by atoms with van der Waals surface area (Å²) in [4.78, 5) is 4.25. The van der Waals surface area contributed by atoms with Gasteiger partial charge < -0.3 is 5.32 Å². The Morgan fingerprint density at radius 2 is 2.07 bits per heavy atom. The maximum atomic E-state index is 4.25. The van der Waals surface area contributed by atoms with Gasteiger partial charge in [-0.25, -0.2) is 9.67 Å². The number of hydrogen-bond acceptors (Lipinski definition) is 3. The molecule has 1 saturated carbocycles. The number of rotatable bonds is 2. The van der Waals surface area contributed by atoms with Gasteiger partial charge >= 0.3 is 0 Å². The smallest absolute Gasteiger partial charge is 0.138 e. The van der Waals surface area contributed by atoms with E-state index in [1.807, 2.05) is 0 Å². The molecule has 0 saturated heterocycles. The number of nitrogens with one attached hydrogen (secondary N) is 1. The lowest BCUT2D eigenvalue weighted by Crippen LogP contribution is -2.42. The molecule has 1 aromatic heterocycles. The van der Waals surface area contributed by atoms with E-state index in [4.69, 9.17) is 0 Å². The molecule has 0 radical (unpaired) electrons. The van der Waals surface area contributed by atoms with Crippen LogP contribution in [0.25, 0.3) is 0 Å². The Hall–Kier alpha value is -0.900. The summed E-state index contributed by atoms with van der Waals surface area (Å²) in [6.07, 6.45) is 9.49. The largest absolute Gasteiger partial charge is 0.309 e. The second kappa shape index (κ2) is 3.93. The third-order valence-electron chi connectivity index (χ3n) is 3.63. The summed E-state index contributed by atoms with van der Waals surface area (Å²) in [6.45, 7) is 1.01. The fourth-order valence-corrected chi connectivity index (χ4v) is 2.80. The number of nitrogens with zero attached hydrogens (tertiary/aromatic N) is 3. The fraction of sp³-hybridized carbons (Fsp3) is 0.818. The lowest BCUT2D eigenvalue weighted by Gasteiger charge is -2.26. The van der Waals surface area contributed by atoms with E-state index in [1.54, 1.807) is 6.33 Å². The van der Waals surface area contributed by atoms with E-state index in [1.165, 1.54) is 32.1 Å². The third-order valence-corrected chi connectivity index (χ3v) is 3.63. The molecule has 1 fully saturated rings. The van der Waals surface area contributed by atoms with Crippen LogP contribution in [0, 0.1) is 0 Å². The van der Waals surface area contributed by atoms with Crippen molar-refractivity contribution in [3.63, 3.8) is 0 Å². The number of aryl methyl sites for hydroxylation is 1. The average Bonchev–Trinajstić information content (AvgIpc) is 2.87. The molecule has 0 aromatic carbocycles. The summed E-state index contributed by atoms with van der Waals surface area (Å²) in [5.41, 5.74) is 0. The Morgan fingerprint density at radius 1 is 1.20 bits per heavy atom. The van der Waals surface area contributed by atoms with Gasteiger partial charge in [0.15, 0.2) is 0 Å². The Bertz CT molecular complexity index is 327. The standard InChI is InChI=1S/C11H18N4/c1-2-4-9(3-1)14-10-5-6-11-12-8-13-15(11)7-10/h8-10,14H,1-7H2. The van der Waals surface area contributed by atoms with Crippen molar-refractivity contribution in [2.45, 2.75) is 57.2 Å². The molecule has 1 aliphatic carbocycles. The van der Waals surface area contributed by atoms with Gasteiger partial charge in [0, 0.05) is 18.5 Å². The van der Waals surface area contributed by atoms with E-state index in [2.05, 4.69) is 20.1 Å². The van der Waals surface area contributed by atoms with Gasteiger partial charge in [-0.05, 0) is 19.3 Å². The molecule has 3 rings (SSSR count). The van der Waals surface area contributed by atoms with Crippen molar-refractivity contribution < 1.29 is 0 Å². The van der Waals surface area contributed by atoms with Crippen LogP contribution >= 0.6 is 0 Å². The van der Waals surface area contributed by atoms with Crippen molar-refractivity contribution >= 4 is 0 Å². The summed E-state index contributed by atoms with van der Waals surface area (Å²) < 4.78 is 2.05. The van der Waals surface area contributed by atoms with E-state index >= 15 is 0 Å². The predicted molar refractivity (Wildman–Crippen MR) is 57.5 cm³/mol. The topological polar surface area (TPSA) is 42.7 Å². The first-order valence-electron chi connectivity index (χ1n) is 6.04. The van der Waals surface area contributed by atoms with E-state index < -0.39 is 0 Å². The van der Waals surface area contributed by atoms with Gasteiger partial charge in [-0.15, -0.1) is 0 Å². The molecule has 1 aliphatic heterocycles. The van der Waals surface area contributed by atoms with Crippen LogP contribution in [0.5, 0.6) is 0 Å². The highest BCUT2D eigenvalue weighted by molar-refractivity contribution is 4.93. The van der Waals surface area contributed by atoms with Gasteiger partial charge in [0.25, 0.3) is 0 Å². The maximum Gasteiger partial charge on any atom is 0.138 e. The van der Waals surface area contributed by atoms with Crippen LogP contribution in [-0.2, 0) is 13.0 Å². The maximum absolute atomic E-state index is 4.25. The fourth-order valence-electron chi connectivity index (χ4n) is 2.80. The zero-order valence-corrected chi connectivity index (χ0v) is 9.02. The molecule has 82 valence electrons. The van der Waals surface area contributed by atoms with Gasteiger partial charge in [0.2, 0.25) is 0 Å². The van der Waals surface area contributed by atoms with Gasteiger partial charge in [-0.2, -0.15) is 5.10 Å². The summed E-state index contributed by atoms with van der Waals surface area (Å²) in [6, 6.07) is 1.38. The van der Waals surface area contributed by atoms with Crippen LogP contribution in [0.15, 0.2) is 6.33 Å². The zero-order valence-electron chi connectivity index (χ0n) is 9.02.